The second-order valence-corrected chi connectivity index (χ2v) is 6.29. The molecule has 3 heterocycles. The van der Waals surface area contributed by atoms with Gasteiger partial charge < -0.3 is 14.8 Å². The molecule has 1 saturated heterocycles. The number of amides is 1. The summed E-state index contributed by atoms with van der Waals surface area (Å²) < 4.78 is 0. The molecule has 2 aromatic rings. The molecule has 0 unspecified atom stereocenters. The standard InChI is InChI=1S/C15H20N4OS/c1-11-8-16-9-13(11)14(20)18-4-3-5-19(7-6-18)15-17-12(2)10-21-15/h8-10,16H,3-7H2,1-2H3. The Morgan fingerprint density at radius 1 is 1.24 bits per heavy atom. The van der Waals surface area contributed by atoms with E-state index < -0.39 is 0 Å². The van der Waals surface area contributed by atoms with E-state index in [0.717, 1.165) is 54.6 Å². The Morgan fingerprint density at radius 2 is 2.10 bits per heavy atom. The van der Waals surface area contributed by atoms with Gasteiger partial charge in [-0.3, -0.25) is 4.79 Å². The summed E-state index contributed by atoms with van der Waals surface area (Å²) in [5.74, 6) is 0.130. The van der Waals surface area contributed by atoms with Crippen molar-refractivity contribution in [2.75, 3.05) is 31.1 Å². The lowest BCUT2D eigenvalue weighted by molar-refractivity contribution is 0.0766. The molecule has 0 radical (unpaired) electrons. The molecule has 5 nitrogen and oxygen atoms in total. The molecular weight excluding hydrogens is 284 g/mol. The molecule has 1 N–H and O–H groups in total. The monoisotopic (exact) mass is 304 g/mol. The molecule has 1 aliphatic heterocycles. The summed E-state index contributed by atoms with van der Waals surface area (Å²) in [5.41, 5.74) is 2.86. The normalized spacial score (nSPS) is 16.1. The molecule has 1 fully saturated rings. The minimum Gasteiger partial charge on any atom is -0.367 e. The maximum Gasteiger partial charge on any atom is 0.255 e. The third-order valence-electron chi connectivity index (χ3n) is 3.84. The number of nitrogens with zero attached hydrogens (tertiary/aromatic N) is 3. The van der Waals surface area contributed by atoms with Crippen LogP contribution in [0.1, 0.15) is 28.0 Å². The summed E-state index contributed by atoms with van der Waals surface area (Å²) in [5, 5.41) is 3.14. The van der Waals surface area contributed by atoms with Crippen molar-refractivity contribution in [3.63, 3.8) is 0 Å². The second-order valence-electron chi connectivity index (χ2n) is 5.46. The molecule has 0 bridgehead atoms. The predicted molar refractivity (Wildman–Crippen MR) is 85.1 cm³/mol. The Morgan fingerprint density at radius 3 is 2.76 bits per heavy atom. The van der Waals surface area contributed by atoms with E-state index >= 15 is 0 Å². The van der Waals surface area contributed by atoms with Gasteiger partial charge in [-0.2, -0.15) is 0 Å². The summed E-state index contributed by atoms with van der Waals surface area (Å²) in [6.07, 6.45) is 4.65. The molecule has 6 heteroatoms. The van der Waals surface area contributed by atoms with Crippen molar-refractivity contribution in [2.24, 2.45) is 0 Å². The molecular formula is C15H20N4OS. The van der Waals surface area contributed by atoms with Crippen LogP contribution < -0.4 is 4.90 Å². The first-order valence-electron chi connectivity index (χ1n) is 7.25. The number of thiazole rings is 1. The van der Waals surface area contributed by atoms with Crippen molar-refractivity contribution in [1.82, 2.24) is 14.9 Å². The van der Waals surface area contributed by atoms with Crippen LogP contribution in [0.2, 0.25) is 0 Å². The predicted octanol–water partition coefficient (Wildman–Crippen LogP) is 2.44. The first-order chi connectivity index (χ1) is 10.1. The lowest BCUT2D eigenvalue weighted by atomic mass is 10.2. The van der Waals surface area contributed by atoms with Crippen LogP contribution >= 0.6 is 11.3 Å². The minimum absolute atomic E-state index is 0.130. The molecule has 3 rings (SSSR count). The molecule has 0 saturated carbocycles. The number of aryl methyl sites for hydroxylation is 2. The summed E-state index contributed by atoms with van der Waals surface area (Å²) in [6.45, 7) is 7.35. The van der Waals surface area contributed by atoms with Crippen LogP contribution in [0.3, 0.4) is 0 Å². The first-order valence-corrected chi connectivity index (χ1v) is 8.13. The van der Waals surface area contributed by atoms with E-state index in [4.69, 9.17) is 0 Å². The second kappa shape index (κ2) is 5.89. The van der Waals surface area contributed by atoms with E-state index in [0.29, 0.717) is 0 Å². The average Bonchev–Trinajstić information content (AvgIpc) is 3.00. The Kier molecular flexibility index (Phi) is 3.96. The molecule has 0 atom stereocenters. The largest absolute Gasteiger partial charge is 0.367 e. The van der Waals surface area contributed by atoms with Crippen LogP contribution in [-0.4, -0.2) is 47.0 Å². The fraction of sp³-hybridized carbons (Fsp3) is 0.467. The van der Waals surface area contributed by atoms with E-state index in [1.165, 1.54) is 0 Å². The van der Waals surface area contributed by atoms with Gasteiger partial charge in [-0.05, 0) is 25.8 Å². The van der Waals surface area contributed by atoms with Crippen molar-refractivity contribution in [2.45, 2.75) is 20.3 Å². The summed E-state index contributed by atoms with van der Waals surface area (Å²) in [6, 6.07) is 0. The van der Waals surface area contributed by atoms with Crippen molar-refractivity contribution in [3.05, 3.63) is 34.6 Å². The zero-order chi connectivity index (χ0) is 14.8. The number of hydrogen-bond acceptors (Lipinski definition) is 4. The van der Waals surface area contributed by atoms with Gasteiger partial charge in [0.1, 0.15) is 0 Å². The first kappa shape index (κ1) is 14.1. The van der Waals surface area contributed by atoms with Crippen molar-refractivity contribution in [3.8, 4) is 0 Å². The number of rotatable bonds is 2. The van der Waals surface area contributed by atoms with E-state index in [-0.39, 0.29) is 5.91 Å². The highest BCUT2D eigenvalue weighted by Gasteiger charge is 2.22. The molecule has 2 aromatic heterocycles. The van der Waals surface area contributed by atoms with Gasteiger partial charge in [-0.25, -0.2) is 4.98 Å². The molecule has 21 heavy (non-hydrogen) atoms. The highest BCUT2D eigenvalue weighted by Crippen LogP contribution is 2.22. The van der Waals surface area contributed by atoms with Gasteiger partial charge in [0.2, 0.25) is 0 Å². The summed E-state index contributed by atoms with van der Waals surface area (Å²) in [7, 11) is 0. The van der Waals surface area contributed by atoms with E-state index in [9.17, 15) is 4.79 Å². The SMILES string of the molecule is Cc1csc(N2CCCN(C(=O)c3c[nH]cc3C)CC2)n1. The maximum atomic E-state index is 12.6. The van der Waals surface area contributed by atoms with Crippen LogP contribution in [0, 0.1) is 13.8 Å². The number of hydrogen-bond donors (Lipinski definition) is 1. The van der Waals surface area contributed by atoms with Crippen LogP contribution in [0.4, 0.5) is 5.13 Å². The third-order valence-corrected chi connectivity index (χ3v) is 4.86. The highest BCUT2D eigenvalue weighted by atomic mass is 32.1. The Labute approximate surface area is 128 Å². The van der Waals surface area contributed by atoms with E-state index in [1.54, 1.807) is 17.5 Å². The quantitative estimate of drug-likeness (QED) is 0.927. The van der Waals surface area contributed by atoms with Gasteiger partial charge in [0.25, 0.3) is 5.91 Å². The number of anilines is 1. The lowest BCUT2D eigenvalue weighted by Crippen LogP contribution is -2.35. The summed E-state index contributed by atoms with van der Waals surface area (Å²) in [4.78, 5) is 24.3. The van der Waals surface area contributed by atoms with Gasteiger partial charge >= 0.3 is 0 Å². The molecule has 0 aromatic carbocycles. The molecule has 0 spiro atoms. The van der Waals surface area contributed by atoms with Gasteiger partial charge in [0.15, 0.2) is 5.13 Å². The minimum atomic E-state index is 0.130. The van der Waals surface area contributed by atoms with Crippen LogP contribution in [0.25, 0.3) is 0 Å². The Balaban J connectivity index is 1.68. The molecule has 0 aliphatic carbocycles. The van der Waals surface area contributed by atoms with Crippen molar-refractivity contribution < 1.29 is 4.79 Å². The molecule has 1 amide bonds. The fourth-order valence-corrected chi connectivity index (χ4v) is 3.50. The van der Waals surface area contributed by atoms with Crippen molar-refractivity contribution in [1.29, 1.82) is 0 Å². The van der Waals surface area contributed by atoms with Gasteiger partial charge in [-0.1, -0.05) is 0 Å². The van der Waals surface area contributed by atoms with Crippen LogP contribution in [-0.2, 0) is 0 Å². The Bertz CT molecular complexity index is 633. The lowest BCUT2D eigenvalue weighted by Gasteiger charge is -2.21. The highest BCUT2D eigenvalue weighted by molar-refractivity contribution is 7.13. The topological polar surface area (TPSA) is 52.2 Å². The number of nitrogens with one attached hydrogen (secondary N) is 1. The number of H-pyrrole nitrogens is 1. The van der Waals surface area contributed by atoms with Gasteiger partial charge in [0.05, 0.1) is 11.3 Å². The number of carbonyl (C=O) groups excluding carboxylic acids is 1. The number of aromatic nitrogens is 2. The Hall–Kier alpha value is -1.82. The number of carbonyl (C=O) groups is 1. The third kappa shape index (κ3) is 2.95. The van der Waals surface area contributed by atoms with Crippen molar-refractivity contribution >= 4 is 22.4 Å². The zero-order valence-corrected chi connectivity index (χ0v) is 13.2. The van der Waals surface area contributed by atoms with Gasteiger partial charge in [0, 0.05) is 44.0 Å². The summed E-state index contributed by atoms with van der Waals surface area (Å²) >= 11 is 1.68. The molecule has 112 valence electrons. The maximum absolute atomic E-state index is 12.6. The smallest absolute Gasteiger partial charge is 0.255 e. The van der Waals surface area contributed by atoms with Gasteiger partial charge in [-0.15, -0.1) is 11.3 Å². The molecule has 1 aliphatic rings. The fourth-order valence-electron chi connectivity index (χ4n) is 2.64. The van der Waals surface area contributed by atoms with Crippen LogP contribution in [0.15, 0.2) is 17.8 Å². The average molecular weight is 304 g/mol. The van der Waals surface area contributed by atoms with Crippen LogP contribution in [0.5, 0.6) is 0 Å². The number of aromatic amines is 1. The van der Waals surface area contributed by atoms with E-state index in [1.807, 2.05) is 24.9 Å². The van der Waals surface area contributed by atoms with E-state index in [2.05, 4.69) is 20.2 Å². The zero-order valence-electron chi connectivity index (χ0n) is 12.4.